The van der Waals surface area contributed by atoms with E-state index >= 15 is 0 Å². The van der Waals surface area contributed by atoms with Crippen molar-refractivity contribution in [1.82, 2.24) is 9.55 Å². The van der Waals surface area contributed by atoms with Crippen LogP contribution in [0.5, 0.6) is 0 Å². The molecule has 0 radical (unpaired) electrons. The summed E-state index contributed by atoms with van der Waals surface area (Å²) >= 11 is 1.59. The van der Waals surface area contributed by atoms with Crippen LogP contribution in [-0.2, 0) is 6.54 Å². The minimum absolute atomic E-state index is 0.0737. The SMILES string of the molecule is Cc1c(-c2ccccc2)sc2ncn(CC(C)C)c(=O)c12. The predicted molar refractivity (Wildman–Crippen MR) is 88.9 cm³/mol. The van der Waals surface area contributed by atoms with Crippen LogP contribution in [0.2, 0.25) is 0 Å². The van der Waals surface area contributed by atoms with E-state index in [-0.39, 0.29) is 5.56 Å². The molecule has 0 aliphatic carbocycles. The molecule has 0 spiro atoms. The van der Waals surface area contributed by atoms with E-state index in [1.807, 2.05) is 25.1 Å². The van der Waals surface area contributed by atoms with Gasteiger partial charge in [0.15, 0.2) is 0 Å². The molecule has 2 heterocycles. The van der Waals surface area contributed by atoms with Crippen molar-refractivity contribution < 1.29 is 0 Å². The molecule has 3 aromatic rings. The summed E-state index contributed by atoms with van der Waals surface area (Å²) in [6, 6.07) is 10.2. The van der Waals surface area contributed by atoms with E-state index in [9.17, 15) is 4.79 Å². The van der Waals surface area contributed by atoms with Gasteiger partial charge in [0, 0.05) is 11.4 Å². The van der Waals surface area contributed by atoms with E-state index in [4.69, 9.17) is 0 Å². The standard InChI is InChI=1S/C17H18N2OS/c1-11(2)9-19-10-18-16-14(17(19)20)12(3)15(21-16)13-7-5-4-6-8-13/h4-8,10-11H,9H2,1-3H3. The highest BCUT2D eigenvalue weighted by atomic mass is 32.1. The average Bonchev–Trinajstić information content (AvgIpc) is 2.80. The maximum atomic E-state index is 12.7. The zero-order chi connectivity index (χ0) is 15.0. The first-order valence-corrected chi connectivity index (χ1v) is 7.93. The van der Waals surface area contributed by atoms with Gasteiger partial charge in [0.05, 0.1) is 11.7 Å². The molecule has 0 atom stereocenters. The third-order valence-electron chi connectivity index (χ3n) is 3.52. The van der Waals surface area contributed by atoms with Crippen molar-refractivity contribution in [2.24, 2.45) is 5.92 Å². The Morgan fingerprint density at radius 2 is 1.95 bits per heavy atom. The van der Waals surface area contributed by atoms with Gasteiger partial charge in [-0.25, -0.2) is 4.98 Å². The van der Waals surface area contributed by atoms with Gasteiger partial charge in [-0.15, -0.1) is 11.3 Å². The third-order valence-corrected chi connectivity index (χ3v) is 4.76. The zero-order valence-corrected chi connectivity index (χ0v) is 13.3. The summed E-state index contributed by atoms with van der Waals surface area (Å²) < 4.78 is 1.72. The highest BCUT2D eigenvalue weighted by Crippen LogP contribution is 2.35. The summed E-state index contributed by atoms with van der Waals surface area (Å²) in [6.07, 6.45) is 1.68. The Kier molecular flexibility index (Phi) is 3.64. The Morgan fingerprint density at radius 1 is 1.24 bits per heavy atom. The number of aromatic nitrogens is 2. The topological polar surface area (TPSA) is 34.9 Å². The first-order chi connectivity index (χ1) is 10.1. The van der Waals surface area contributed by atoms with Crippen molar-refractivity contribution in [2.75, 3.05) is 0 Å². The zero-order valence-electron chi connectivity index (χ0n) is 12.5. The summed E-state index contributed by atoms with van der Waals surface area (Å²) in [4.78, 5) is 19.1. The van der Waals surface area contributed by atoms with E-state index < -0.39 is 0 Å². The van der Waals surface area contributed by atoms with E-state index in [1.54, 1.807) is 22.2 Å². The summed E-state index contributed by atoms with van der Waals surface area (Å²) in [7, 11) is 0. The lowest BCUT2D eigenvalue weighted by Crippen LogP contribution is -2.22. The predicted octanol–water partition coefficient (Wildman–Crippen LogP) is 4.09. The van der Waals surface area contributed by atoms with Crippen molar-refractivity contribution in [3.8, 4) is 10.4 Å². The fraction of sp³-hybridized carbons (Fsp3) is 0.294. The lowest BCUT2D eigenvalue weighted by molar-refractivity contribution is 0.508. The smallest absolute Gasteiger partial charge is 0.262 e. The van der Waals surface area contributed by atoms with Gasteiger partial charge in [-0.05, 0) is 24.0 Å². The summed E-state index contributed by atoms with van der Waals surface area (Å²) in [5, 5.41) is 0.766. The monoisotopic (exact) mass is 298 g/mol. The van der Waals surface area contributed by atoms with Gasteiger partial charge in [-0.1, -0.05) is 44.2 Å². The van der Waals surface area contributed by atoms with Crippen molar-refractivity contribution in [3.05, 3.63) is 52.6 Å². The van der Waals surface area contributed by atoms with Crippen LogP contribution in [0.15, 0.2) is 41.5 Å². The molecule has 2 aromatic heterocycles. The van der Waals surface area contributed by atoms with Crippen molar-refractivity contribution in [1.29, 1.82) is 0 Å². The van der Waals surface area contributed by atoms with Gasteiger partial charge >= 0.3 is 0 Å². The molecule has 3 rings (SSSR count). The van der Waals surface area contributed by atoms with E-state index in [1.165, 1.54) is 0 Å². The molecule has 0 saturated carbocycles. The quantitative estimate of drug-likeness (QED) is 0.730. The Bertz CT molecular complexity index is 831. The second kappa shape index (κ2) is 5.45. The maximum absolute atomic E-state index is 12.7. The molecule has 0 bridgehead atoms. The van der Waals surface area contributed by atoms with Gasteiger partial charge in [-0.2, -0.15) is 0 Å². The van der Waals surface area contributed by atoms with Gasteiger partial charge < -0.3 is 0 Å². The Balaban J connectivity index is 2.22. The molecule has 108 valence electrons. The van der Waals surface area contributed by atoms with Gasteiger partial charge in [0.2, 0.25) is 0 Å². The summed E-state index contributed by atoms with van der Waals surface area (Å²) in [6.45, 7) is 6.93. The second-order valence-corrected chi connectivity index (χ2v) is 6.70. The van der Waals surface area contributed by atoms with Crippen LogP contribution in [0.3, 0.4) is 0 Å². The minimum atomic E-state index is 0.0737. The van der Waals surface area contributed by atoms with Gasteiger partial charge in [-0.3, -0.25) is 9.36 Å². The van der Waals surface area contributed by atoms with Crippen LogP contribution in [0, 0.1) is 12.8 Å². The van der Waals surface area contributed by atoms with Crippen LogP contribution < -0.4 is 5.56 Å². The molecule has 4 heteroatoms. The largest absolute Gasteiger partial charge is 0.298 e. The fourth-order valence-electron chi connectivity index (χ4n) is 2.55. The first kappa shape index (κ1) is 14.0. The van der Waals surface area contributed by atoms with Crippen molar-refractivity contribution in [3.63, 3.8) is 0 Å². The molecule has 0 N–H and O–H groups in total. The highest BCUT2D eigenvalue weighted by Gasteiger charge is 2.15. The lowest BCUT2D eigenvalue weighted by Gasteiger charge is -2.07. The molecule has 0 aliphatic heterocycles. The highest BCUT2D eigenvalue weighted by molar-refractivity contribution is 7.22. The lowest BCUT2D eigenvalue weighted by atomic mass is 10.1. The van der Waals surface area contributed by atoms with E-state index in [0.29, 0.717) is 12.5 Å². The molecule has 21 heavy (non-hydrogen) atoms. The number of benzene rings is 1. The Morgan fingerprint density at radius 3 is 2.62 bits per heavy atom. The molecule has 1 aromatic carbocycles. The summed E-state index contributed by atoms with van der Waals surface area (Å²) in [5.41, 5.74) is 2.26. The second-order valence-electron chi connectivity index (χ2n) is 5.70. The molecular weight excluding hydrogens is 280 g/mol. The molecule has 0 unspecified atom stereocenters. The normalized spacial score (nSPS) is 11.4. The van der Waals surface area contributed by atoms with Crippen LogP contribution in [-0.4, -0.2) is 9.55 Å². The number of hydrogen-bond donors (Lipinski definition) is 0. The molecule has 3 nitrogen and oxygen atoms in total. The van der Waals surface area contributed by atoms with Crippen LogP contribution in [0.25, 0.3) is 20.7 Å². The molecule has 0 aliphatic rings. The molecule has 0 saturated heterocycles. The first-order valence-electron chi connectivity index (χ1n) is 7.12. The van der Waals surface area contributed by atoms with E-state index in [0.717, 1.165) is 26.2 Å². The maximum Gasteiger partial charge on any atom is 0.262 e. The van der Waals surface area contributed by atoms with Crippen molar-refractivity contribution >= 4 is 21.6 Å². The molecule has 0 amide bonds. The number of fused-ring (bicyclic) bond motifs is 1. The van der Waals surface area contributed by atoms with Gasteiger partial charge in [0.1, 0.15) is 4.83 Å². The third kappa shape index (κ3) is 2.51. The number of aryl methyl sites for hydroxylation is 1. The molecule has 0 fully saturated rings. The van der Waals surface area contributed by atoms with E-state index in [2.05, 4.69) is 31.0 Å². The Labute approximate surface area is 127 Å². The Hall–Kier alpha value is -1.94. The van der Waals surface area contributed by atoms with Crippen LogP contribution in [0.4, 0.5) is 0 Å². The van der Waals surface area contributed by atoms with Crippen LogP contribution in [0.1, 0.15) is 19.4 Å². The van der Waals surface area contributed by atoms with Gasteiger partial charge in [0.25, 0.3) is 5.56 Å². The van der Waals surface area contributed by atoms with Crippen LogP contribution >= 0.6 is 11.3 Å². The fourth-order valence-corrected chi connectivity index (χ4v) is 3.69. The minimum Gasteiger partial charge on any atom is -0.298 e. The average molecular weight is 298 g/mol. The number of nitrogens with zero attached hydrogens (tertiary/aromatic N) is 2. The number of hydrogen-bond acceptors (Lipinski definition) is 3. The number of rotatable bonds is 3. The molecular formula is C17H18N2OS. The number of thiophene rings is 1. The summed E-state index contributed by atoms with van der Waals surface area (Å²) in [5.74, 6) is 0.425. The van der Waals surface area contributed by atoms with Crippen molar-refractivity contribution in [2.45, 2.75) is 27.3 Å².